The first kappa shape index (κ1) is 13.8. The molecule has 1 unspecified atom stereocenters. The fourth-order valence-corrected chi connectivity index (χ4v) is 2.19. The summed E-state index contributed by atoms with van der Waals surface area (Å²) in [6.07, 6.45) is 0.901. The first-order chi connectivity index (χ1) is 8.86. The van der Waals surface area contributed by atoms with E-state index in [-0.39, 0.29) is 23.2 Å². The van der Waals surface area contributed by atoms with Gasteiger partial charge in [0.1, 0.15) is 5.82 Å². The number of carbonyl (C=O) groups excluding carboxylic acids is 1. The number of anilines is 1. The van der Waals surface area contributed by atoms with Crippen LogP contribution in [0.15, 0.2) is 24.3 Å². The van der Waals surface area contributed by atoms with E-state index < -0.39 is 0 Å². The zero-order valence-corrected chi connectivity index (χ0v) is 11.7. The van der Waals surface area contributed by atoms with Crippen LogP contribution < -0.4 is 10.2 Å². The number of rotatable bonds is 2. The van der Waals surface area contributed by atoms with E-state index in [0.717, 1.165) is 25.2 Å². The molecule has 1 aliphatic heterocycles. The number of hydrogen-bond acceptors (Lipinski definition) is 2. The molecule has 1 amide bonds. The third-order valence-corrected chi connectivity index (χ3v) is 3.38. The number of nitrogens with one attached hydrogen (secondary N) is 1. The Kier molecular flexibility index (Phi) is 3.78. The molecule has 0 aromatic heterocycles. The van der Waals surface area contributed by atoms with Crippen molar-refractivity contribution in [3.05, 3.63) is 30.1 Å². The van der Waals surface area contributed by atoms with Gasteiger partial charge in [-0.2, -0.15) is 0 Å². The number of amides is 1. The van der Waals surface area contributed by atoms with Crippen LogP contribution in [-0.2, 0) is 4.79 Å². The van der Waals surface area contributed by atoms with Gasteiger partial charge < -0.3 is 10.2 Å². The molecule has 0 spiro atoms. The molecule has 0 radical (unpaired) electrons. The molecule has 1 aromatic carbocycles. The van der Waals surface area contributed by atoms with Crippen molar-refractivity contribution in [3.8, 4) is 0 Å². The predicted octanol–water partition coefficient (Wildman–Crippen LogP) is 2.57. The average molecular weight is 264 g/mol. The van der Waals surface area contributed by atoms with E-state index in [9.17, 15) is 9.18 Å². The number of hydrogen-bond donors (Lipinski definition) is 1. The third kappa shape index (κ3) is 3.46. The van der Waals surface area contributed by atoms with Gasteiger partial charge in [0.05, 0.1) is 0 Å². The molecule has 19 heavy (non-hydrogen) atoms. The molecular weight excluding hydrogens is 243 g/mol. The number of halogens is 1. The van der Waals surface area contributed by atoms with Crippen LogP contribution in [0.2, 0.25) is 0 Å². The van der Waals surface area contributed by atoms with Crippen molar-refractivity contribution in [2.24, 2.45) is 5.41 Å². The number of nitrogens with zero attached hydrogens (tertiary/aromatic N) is 1. The van der Waals surface area contributed by atoms with Crippen LogP contribution in [0.25, 0.3) is 0 Å². The van der Waals surface area contributed by atoms with Crippen LogP contribution in [0.5, 0.6) is 0 Å². The van der Waals surface area contributed by atoms with Crippen LogP contribution in [0.3, 0.4) is 0 Å². The van der Waals surface area contributed by atoms with Crippen molar-refractivity contribution in [3.63, 3.8) is 0 Å². The lowest BCUT2D eigenvalue weighted by Crippen LogP contribution is -2.43. The molecule has 1 atom stereocenters. The summed E-state index contributed by atoms with van der Waals surface area (Å²) in [5.74, 6) is -0.154. The molecule has 0 saturated carbocycles. The minimum atomic E-state index is -0.369. The van der Waals surface area contributed by atoms with Gasteiger partial charge in [-0.15, -0.1) is 0 Å². The minimum absolute atomic E-state index is 0.0681. The van der Waals surface area contributed by atoms with Crippen molar-refractivity contribution >= 4 is 11.6 Å². The Morgan fingerprint density at radius 3 is 2.79 bits per heavy atom. The van der Waals surface area contributed by atoms with Gasteiger partial charge >= 0.3 is 0 Å². The van der Waals surface area contributed by atoms with Crippen LogP contribution >= 0.6 is 0 Å². The van der Waals surface area contributed by atoms with Crippen molar-refractivity contribution < 1.29 is 9.18 Å². The van der Waals surface area contributed by atoms with Crippen molar-refractivity contribution in [2.45, 2.75) is 33.2 Å². The Bertz CT molecular complexity index is 467. The smallest absolute Gasteiger partial charge is 0.225 e. The van der Waals surface area contributed by atoms with E-state index >= 15 is 0 Å². The van der Waals surface area contributed by atoms with Crippen LogP contribution in [-0.4, -0.2) is 25.0 Å². The van der Waals surface area contributed by atoms with Crippen molar-refractivity contribution in [1.82, 2.24) is 5.32 Å². The van der Waals surface area contributed by atoms with Crippen molar-refractivity contribution in [2.75, 3.05) is 18.0 Å². The highest BCUT2D eigenvalue weighted by atomic mass is 19.1. The van der Waals surface area contributed by atoms with Gasteiger partial charge in [-0.3, -0.25) is 4.79 Å². The lowest BCUT2D eigenvalue weighted by molar-refractivity contribution is -0.129. The molecule has 0 bridgehead atoms. The molecule has 1 saturated heterocycles. The van der Waals surface area contributed by atoms with Gasteiger partial charge in [-0.05, 0) is 24.6 Å². The maximum absolute atomic E-state index is 13.2. The van der Waals surface area contributed by atoms with Gasteiger partial charge in [0.25, 0.3) is 0 Å². The molecule has 1 heterocycles. The summed E-state index contributed by atoms with van der Waals surface area (Å²) in [6.45, 7) is 7.30. The molecule has 4 heteroatoms. The minimum Gasteiger partial charge on any atom is -0.369 e. The average Bonchev–Trinajstić information content (AvgIpc) is 2.76. The van der Waals surface area contributed by atoms with Crippen LogP contribution in [0, 0.1) is 11.2 Å². The van der Waals surface area contributed by atoms with Gasteiger partial charge in [0.15, 0.2) is 0 Å². The molecule has 1 fully saturated rings. The second-order valence-corrected chi connectivity index (χ2v) is 6.13. The second kappa shape index (κ2) is 5.19. The normalized spacial score (nSPS) is 19.6. The summed E-state index contributed by atoms with van der Waals surface area (Å²) in [7, 11) is 0. The molecule has 3 nitrogen and oxygen atoms in total. The fourth-order valence-electron chi connectivity index (χ4n) is 2.19. The zero-order valence-electron chi connectivity index (χ0n) is 11.7. The molecule has 0 aliphatic carbocycles. The first-order valence-electron chi connectivity index (χ1n) is 6.68. The standard InChI is InChI=1S/C15H21FN2O/c1-15(2,3)14(19)17-12-7-8-18(10-12)13-6-4-5-11(16)9-13/h4-6,9,12H,7-8,10H2,1-3H3,(H,17,19). The fraction of sp³-hybridized carbons (Fsp3) is 0.533. The Morgan fingerprint density at radius 2 is 2.16 bits per heavy atom. The summed E-state index contributed by atoms with van der Waals surface area (Å²) < 4.78 is 13.2. The molecule has 2 rings (SSSR count). The van der Waals surface area contributed by atoms with Gasteiger partial charge in [-0.25, -0.2) is 4.39 Å². The molecule has 1 aromatic rings. The third-order valence-electron chi connectivity index (χ3n) is 3.38. The van der Waals surface area contributed by atoms with E-state index in [4.69, 9.17) is 0 Å². The monoisotopic (exact) mass is 264 g/mol. The topological polar surface area (TPSA) is 32.3 Å². The Labute approximate surface area is 113 Å². The summed E-state index contributed by atoms with van der Waals surface area (Å²) in [5, 5.41) is 3.06. The highest BCUT2D eigenvalue weighted by Crippen LogP contribution is 2.22. The lowest BCUT2D eigenvalue weighted by Gasteiger charge is -2.22. The van der Waals surface area contributed by atoms with E-state index in [1.54, 1.807) is 6.07 Å². The van der Waals surface area contributed by atoms with Crippen LogP contribution in [0.1, 0.15) is 27.2 Å². The molecule has 104 valence electrons. The molecule has 1 aliphatic rings. The first-order valence-corrected chi connectivity index (χ1v) is 6.68. The zero-order chi connectivity index (χ0) is 14.0. The lowest BCUT2D eigenvalue weighted by atomic mass is 9.95. The van der Waals surface area contributed by atoms with E-state index in [0.29, 0.717) is 0 Å². The number of carbonyl (C=O) groups is 1. The van der Waals surface area contributed by atoms with Gasteiger partial charge in [-0.1, -0.05) is 26.8 Å². The SMILES string of the molecule is CC(C)(C)C(=O)NC1CCN(c2cccc(F)c2)C1. The Morgan fingerprint density at radius 1 is 1.42 bits per heavy atom. The number of benzene rings is 1. The highest BCUT2D eigenvalue weighted by molar-refractivity contribution is 5.81. The van der Waals surface area contributed by atoms with Crippen molar-refractivity contribution in [1.29, 1.82) is 0 Å². The van der Waals surface area contributed by atoms with Gasteiger partial charge in [0, 0.05) is 30.2 Å². The summed E-state index contributed by atoms with van der Waals surface area (Å²) in [6, 6.07) is 6.74. The summed E-state index contributed by atoms with van der Waals surface area (Å²) >= 11 is 0. The van der Waals surface area contributed by atoms with E-state index in [1.165, 1.54) is 12.1 Å². The molecule has 1 N–H and O–H groups in total. The molecular formula is C15H21FN2O. The maximum atomic E-state index is 13.2. The summed E-state index contributed by atoms with van der Waals surface area (Å²) in [5.41, 5.74) is 0.513. The summed E-state index contributed by atoms with van der Waals surface area (Å²) in [4.78, 5) is 14.0. The maximum Gasteiger partial charge on any atom is 0.225 e. The van der Waals surface area contributed by atoms with Gasteiger partial charge in [0.2, 0.25) is 5.91 Å². The highest BCUT2D eigenvalue weighted by Gasteiger charge is 2.28. The predicted molar refractivity (Wildman–Crippen MR) is 74.6 cm³/mol. The van der Waals surface area contributed by atoms with Crippen LogP contribution in [0.4, 0.5) is 10.1 Å². The Balaban J connectivity index is 1.95. The van der Waals surface area contributed by atoms with E-state index in [2.05, 4.69) is 10.2 Å². The largest absolute Gasteiger partial charge is 0.369 e. The Hall–Kier alpha value is -1.58. The second-order valence-electron chi connectivity index (χ2n) is 6.13. The van der Waals surface area contributed by atoms with E-state index in [1.807, 2.05) is 26.8 Å². The quantitative estimate of drug-likeness (QED) is 0.890.